The van der Waals surface area contributed by atoms with Gasteiger partial charge in [0.05, 0.1) is 30.3 Å². The number of carbonyl (C=O) groups is 1. The summed E-state index contributed by atoms with van der Waals surface area (Å²) in [5.41, 5.74) is -1.99. The lowest BCUT2D eigenvalue weighted by atomic mass is 10.2. The molecule has 33 heavy (non-hydrogen) atoms. The smallest absolute Gasteiger partial charge is 0.433 e. The molecule has 9 nitrogen and oxygen atoms in total. The van der Waals surface area contributed by atoms with Crippen LogP contribution in [0.15, 0.2) is 46.0 Å². The minimum absolute atomic E-state index is 0.000703. The number of alkyl halides is 3. The van der Waals surface area contributed by atoms with Crippen LogP contribution in [0.1, 0.15) is 24.5 Å². The Balaban J connectivity index is 2.38. The SMILES string of the molecule is CCCOc1ncc(CN(C=N/C(=C\C=O)C(F)(F)F)Oc2cc(Cl)cc(C#N)c2)c(=O)[nH]1. The number of aliphatic imine (C=N–C) groups is 1. The summed E-state index contributed by atoms with van der Waals surface area (Å²) in [5.74, 6) is -0.00860. The number of carbonyl (C=O) groups excluding carboxylic acids is 1. The first kappa shape index (κ1) is 25.4. The highest BCUT2D eigenvalue weighted by Crippen LogP contribution is 2.26. The van der Waals surface area contributed by atoms with Gasteiger partial charge in [0, 0.05) is 29.4 Å². The van der Waals surface area contributed by atoms with E-state index in [-0.39, 0.29) is 40.3 Å². The molecule has 1 aromatic carbocycles. The average Bonchev–Trinajstić information content (AvgIpc) is 2.75. The van der Waals surface area contributed by atoms with Gasteiger partial charge in [0.25, 0.3) is 11.6 Å². The van der Waals surface area contributed by atoms with Crippen LogP contribution < -0.4 is 15.1 Å². The lowest BCUT2D eigenvalue weighted by Crippen LogP contribution is -2.30. The van der Waals surface area contributed by atoms with Crippen molar-refractivity contribution in [3.8, 4) is 17.8 Å². The van der Waals surface area contributed by atoms with Crippen LogP contribution in [0.4, 0.5) is 13.2 Å². The van der Waals surface area contributed by atoms with E-state index in [1.807, 2.05) is 13.0 Å². The van der Waals surface area contributed by atoms with Crippen LogP contribution in [0.5, 0.6) is 11.8 Å². The third kappa shape index (κ3) is 7.97. The third-order valence-electron chi connectivity index (χ3n) is 3.68. The monoisotopic (exact) mass is 483 g/mol. The van der Waals surface area contributed by atoms with Crippen molar-refractivity contribution in [3.05, 3.63) is 62.7 Å². The summed E-state index contributed by atoms with van der Waals surface area (Å²) < 4.78 is 44.3. The number of hydrogen-bond donors (Lipinski definition) is 1. The van der Waals surface area contributed by atoms with Gasteiger partial charge in [0.15, 0.2) is 5.75 Å². The fourth-order valence-electron chi connectivity index (χ4n) is 2.27. The Bertz CT molecular complexity index is 1140. The minimum atomic E-state index is -4.91. The van der Waals surface area contributed by atoms with E-state index in [0.29, 0.717) is 19.4 Å². The number of nitrogens with one attached hydrogen (secondary N) is 1. The van der Waals surface area contributed by atoms with Gasteiger partial charge in [-0.2, -0.15) is 23.5 Å². The van der Waals surface area contributed by atoms with Crippen LogP contribution in [0.3, 0.4) is 0 Å². The molecular weight excluding hydrogens is 467 g/mol. The molecule has 2 rings (SSSR count). The Morgan fingerprint density at radius 3 is 2.76 bits per heavy atom. The largest absolute Gasteiger partial charge is 0.465 e. The van der Waals surface area contributed by atoms with Gasteiger partial charge in [-0.25, -0.2) is 9.98 Å². The van der Waals surface area contributed by atoms with Gasteiger partial charge in [-0.15, -0.1) is 0 Å². The first-order valence-electron chi connectivity index (χ1n) is 9.29. The van der Waals surface area contributed by atoms with Gasteiger partial charge in [0.1, 0.15) is 18.3 Å². The van der Waals surface area contributed by atoms with Crippen LogP contribution in [0, 0.1) is 11.3 Å². The Morgan fingerprint density at radius 1 is 1.39 bits per heavy atom. The summed E-state index contributed by atoms with van der Waals surface area (Å²) in [4.78, 5) is 38.0. The molecule has 174 valence electrons. The summed E-state index contributed by atoms with van der Waals surface area (Å²) >= 11 is 5.93. The van der Waals surface area contributed by atoms with Gasteiger partial charge in [0.2, 0.25) is 0 Å². The van der Waals surface area contributed by atoms with E-state index in [2.05, 4.69) is 15.0 Å². The van der Waals surface area contributed by atoms with E-state index in [9.17, 15) is 22.8 Å². The molecule has 0 radical (unpaired) electrons. The number of allylic oxidation sites excluding steroid dienone is 2. The molecule has 0 unspecified atom stereocenters. The third-order valence-corrected chi connectivity index (χ3v) is 3.90. The molecule has 0 bridgehead atoms. The number of nitriles is 1. The van der Waals surface area contributed by atoms with Gasteiger partial charge in [-0.05, 0) is 12.5 Å². The molecule has 0 saturated heterocycles. The molecule has 1 aromatic heterocycles. The topological polar surface area (TPSA) is 121 Å². The van der Waals surface area contributed by atoms with E-state index in [1.54, 1.807) is 0 Å². The second kappa shape index (κ2) is 11.7. The summed E-state index contributed by atoms with van der Waals surface area (Å²) in [6.07, 6.45) is -2.26. The number of aromatic nitrogens is 2. The normalized spacial score (nSPS) is 11.8. The molecule has 0 saturated carbocycles. The van der Waals surface area contributed by atoms with Crippen molar-refractivity contribution in [3.63, 3.8) is 0 Å². The van der Waals surface area contributed by atoms with Crippen molar-refractivity contribution in [2.45, 2.75) is 26.1 Å². The van der Waals surface area contributed by atoms with E-state index in [4.69, 9.17) is 26.4 Å². The van der Waals surface area contributed by atoms with Crippen molar-refractivity contribution in [1.29, 1.82) is 5.26 Å². The number of hydrogen-bond acceptors (Lipinski definition) is 7. The zero-order chi connectivity index (χ0) is 24.4. The Kier molecular flexibility index (Phi) is 8.99. The van der Waals surface area contributed by atoms with E-state index in [1.165, 1.54) is 24.4 Å². The van der Waals surface area contributed by atoms with Crippen LogP contribution in [-0.2, 0) is 11.3 Å². The standard InChI is InChI=1S/C20H17ClF3N5O4/c1-2-5-32-19-26-10-14(18(31)28-19)11-29(12-27-17(3-4-30)20(22,23)24)33-16-7-13(9-25)6-15(21)8-16/h3-4,6-8,10,12H,2,5,11H2,1H3,(H,26,28,31)/b17-3-,27-12?. The maximum absolute atomic E-state index is 13.0. The summed E-state index contributed by atoms with van der Waals surface area (Å²) in [5, 5.41) is 9.99. The van der Waals surface area contributed by atoms with Gasteiger partial charge < -0.3 is 9.57 Å². The number of aromatic amines is 1. The maximum Gasteiger partial charge on any atom is 0.433 e. The van der Waals surface area contributed by atoms with Gasteiger partial charge in [-0.3, -0.25) is 14.6 Å². The van der Waals surface area contributed by atoms with Crippen molar-refractivity contribution in [1.82, 2.24) is 15.0 Å². The number of benzene rings is 1. The maximum atomic E-state index is 13.0. The number of rotatable bonds is 10. The number of aldehydes is 1. The zero-order valence-corrected chi connectivity index (χ0v) is 17.9. The highest BCUT2D eigenvalue weighted by molar-refractivity contribution is 6.30. The van der Waals surface area contributed by atoms with E-state index < -0.39 is 24.0 Å². The van der Waals surface area contributed by atoms with Crippen LogP contribution in [0.2, 0.25) is 5.02 Å². The molecule has 2 aromatic rings. The molecule has 0 aliphatic carbocycles. The number of nitrogens with zero attached hydrogens (tertiary/aromatic N) is 4. The predicted octanol–water partition coefficient (Wildman–Crippen LogP) is 3.55. The molecule has 0 atom stereocenters. The minimum Gasteiger partial charge on any atom is -0.465 e. The van der Waals surface area contributed by atoms with Gasteiger partial charge >= 0.3 is 6.18 Å². The van der Waals surface area contributed by atoms with Crippen LogP contribution in [-0.4, -0.2) is 40.4 Å². The van der Waals surface area contributed by atoms with Crippen molar-refractivity contribution in [2.24, 2.45) is 4.99 Å². The molecule has 0 fully saturated rings. The molecule has 0 spiro atoms. The second-order valence-electron chi connectivity index (χ2n) is 6.28. The highest BCUT2D eigenvalue weighted by atomic mass is 35.5. The van der Waals surface area contributed by atoms with Crippen molar-refractivity contribution >= 4 is 24.2 Å². The first-order chi connectivity index (χ1) is 15.7. The molecule has 0 amide bonds. The fraction of sp³-hybridized carbons (Fsp3) is 0.250. The molecule has 13 heteroatoms. The number of hydroxylamine groups is 2. The Hall–Kier alpha value is -3.85. The number of halogens is 4. The Labute approximate surface area is 190 Å². The lowest BCUT2D eigenvalue weighted by Gasteiger charge is -2.20. The lowest BCUT2D eigenvalue weighted by molar-refractivity contribution is -0.106. The zero-order valence-electron chi connectivity index (χ0n) is 17.1. The van der Waals surface area contributed by atoms with Crippen molar-refractivity contribution < 1.29 is 27.5 Å². The van der Waals surface area contributed by atoms with E-state index in [0.717, 1.165) is 5.06 Å². The molecule has 0 aliphatic heterocycles. The fourth-order valence-corrected chi connectivity index (χ4v) is 2.50. The number of ether oxygens (including phenoxy) is 1. The van der Waals surface area contributed by atoms with Crippen LogP contribution in [0.25, 0.3) is 0 Å². The predicted molar refractivity (Wildman–Crippen MR) is 112 cm³/mol. The number of H-pyrrole nitrogens is 1. The summed E-state index contributed by atoms with van der Waals surface area (Å²) in [6.45, 7) is 1.78. The molecule has 1 N–H and O–H groups in total. The molecule has 1 heterocycles. The second-order valence-corrected chi connectivity index (χ2v) is 6.71. The quantitative estimate of drug-likeness (QED) is 0.180. The summed E-state index contributed by atoms with van der Waals surface area (Å²) in [7, 11) is 0. The van der Waals surface area contributed by atoms with Crippen molar-refractivity contribution in [2.75, 3.05) is 6.61 Å². The summed E-state index contributed by atoms with van der Waals surface area (Å²) in [6, 6.07) is 5.78. The average molecular weight is 484 g/mol. The molecule has 0 aliphatic rings. The van der Waals surface area contributed by atoms with Crippen LogP contribution >= 0.6 is 11.6 Å². The first-order valence-corrected chi connectivity index (χ1v) is 9.67. The van der Waals surface area contributed by atoms with Gasteiger partial charge in [-0.1, -0.05) is 18.5 Å². The Morgan fingerprint density at radius 2 is 2.15 bits per heavy atom. The van der Waals surface area contributed by atoms with E-state index >= 15 is 0 Å². The highest BCUT2D eigenvalue weighted by Gasteiger charge is 2.33. The molecular formula is C20H17ClF3N5O4.